The van der Waals surface area contributed by atoms with Crippen LogP contribution in [0.25, 0.3) is 11.3 Å². The van der Waals surface area contributed by atoms with Gasteiger partial charge in [0.1, 0.15) is 11.4 Å². The third kappa shape index (κ3) is 1.93. The van der Waals surface area contributed by atoms with Crippen LogP contribution in [0.3, 0.4) is 0 Å². The minimum Gasteiger partial charge on any atom is -0.493 e. The minimum atomic E-state index is -0.575. The van der Waals surface area contributed by atoms with Crippen LogP contribution in [0.4, 0.5) is 4.39 Å². The van der Waals surface area contributed by atoms with Crippen molar-refractivity contribution < 1.29 is 9.50 Å². The van der Waals surface area contributed by atoms with E-state index < -0.39 is 11.4 Å². The first-order valence-corrected chi connectivity index (χ1v) is 5.45. The monoisotopic (exact) mass is 268 g/mol. The van der Waals surface area contributed by atoms with Gasteiger partial charge in [-0.1, -0.05) is 18.2 Å². The predicted octanol–water partition coefficient (Wildman–Crippen LogP) is 2.70. The molecule has 1 heterocycles. The van der Waals surface area contributed by atoms with Crippen LogP contribution in [0.2, 0.25) is 5.02 Å². The van der Waals surface area contributed by atoms with Gasteiger partial charge < -0.3 is 5.11 Å². The van der Waals surface area contributed by atoms with E-state index in [1.165, 1.54) is 12.1 Å². The van der Waals surface area contributed by atoms with Gasteiger partial charge in [-0.2, -0.15) is 0 Å². The number of nitrogens with zero attached hydrogens (tertiary/aromatic N) is 1. The Kier molecular flexibility index (Phi) is 3.00. The summed E-state index contributed by atoms with van der Waals surface area (Å²) in [6.45, 7) is 5.21. The summed E-state index contributed by atoms with van der Waals surface area (Å²) in [5.41, 5.74) is 0.403. The molecule has 0 unspecified atom stereocenters. The average molecular weight is 269 g/mol. The van der Waals surface area contributed by atoms with Gasteiger partial charge in [-0.05, 0) is 30.7 Å². The number of hydrogen-bond donors (Lipinski definition) is 2. The summed E-state index contributed by atoms with van der Waals surface area (Å²) in [6, 6.07) is 3.84. The number of allylic oxidation sites excluding steroid dienone is 1. The molecule has 0 aliphatic rings. The number of aromatic nitrogens is 2. The van der Waals surface area contributed by atoms with Crippen LogP contribution in [-0.2, 0) is 0 Å². The minimum absolute atomic E-state index is 0.0930. The molecule has 18 heavy (non-hydrogen) atoms. The second-order valence-corrected chi connectivity index (χ2v) is 4.26. The summed E-state index contributed by atoms with van der Waals surface area (Å²) in [5.74, 6) is -0.857. The van der Waals surface area contributed by atoms with Gasteiger partial charge in [0, 0.05) is 0 Å². The molecule has 0 saturated heterocycles. The molecule has 0 aliphatic heterocycles. The smallest absolute Gasteiger partial charge is 0.275 e. The Hall–Kier alpha value is -2.01. The Balaban J connectivity index is 2.65. The highest BCUT2D eigenvalue weighted by molar-refractivity contribution is 6.30. The second kappa shape index (κ2) is 4.34. The zero-order valence-corrected chi connectivity index (χ0v) is 10.3. The molecule has 4 nitrogen and oxygen atoms in total. The highest BCUT2D eigenvalue weighted by atomic mass is 35.5. The fourth-order valence-corrected chi connectivity index (χ4v) is 1.79. The number of hydrogen-bond acceptors (Lipinski definition) is 2. The highest BCUT2D eigenvalue weighted by Crippen LogP contribution is 2.25. The number of aromatic amines is 1. The van der Waals surface area contributed by atoms with E-state index in [0.29, 0.717) is 11.3 Å². The van der Waals surface area contributed by atoms with Crippen molar-refractivity contribution in [2.45, 2.75) is 6.92 Å². The summed E-state index contributed by atoms with van der Waals surface area (Å²) in [6.07, 6.45) is 0. The fraction of sp³-hybridized carbons (Fsp3) is 0.0833. The fourth-order valence-electron chi connectivity index (χ4n) is 1.62. The van der Waals surface area contributed by atoms with Crippen LogP contribution < -0.4 is 5.56 Å². The molecular weight excluding hydrogens is 259 g/mol. The quantitative estimate of drug-likeness (QED) is 0.880. The first-order chi connectivity index (χ1) is 8.41. The lowest BCUT2D eigenvalue weighted by atomic mass is 10.2. The van der Waals surface area contributed by atoms with E-state index in [1.807, 2.05) is 0 Å². The van der Waals surface area contributed by atoms with Crippen LogP contribution in [-0.4, -0.2) is 14.9 Å². The van der Waals surface area contributed by atoms with Gasteiger partial charge in [0.2, 0.25) is 5.88 Å². The molecule has 0 aliphatic carbocycles. The standard InChI is InChI=1S/C12H10ClFN2O2/c1-6(2)10-11(17)15-16(12(10)18)7-3-4-9(14)8(13)5-7/h3-5,18H,1H2,2H3,(H,15,17). The zero-order valence-electron chi connectivity index (χ0n) is 9.50. The van der Waals surface area contributed by atoms with Crippen molar-refractivity contribution in [2.24, 2.45) is 0 Å². The molecule has 94 valence electrons. The largest absolute Gasteiger partial charge is 0.493 e. The lowest BCUT2D eigenvalue weighted by Gasteiger charge is -2.05. The van der Waals surface area contributed by atoms with Crippen LogP contribution >= 0.6 is 11.6 Å². The molecule has 0 radical (unpaired) electrons. The molecule has 6 heteroatoms. The van der Waals surface area contributed by atoms with Crippen LogP contribution in [0, 0.1) is 5.82 Å². The van der Waals surface area contributed by atoms with E-state index in [9.17, 15) is 14.3 Å². The Labute approximate surface area is 107 Å². The van der Waals surface area contributed by atoms with Crippen molar-refractivity contribution in [3.8, 4) is 11.6 Å². The number of benzene rings is 1. The van der Waals surface area contributed by atoms with Crippen LogP contribution in [0.15, 0.2) is 29.6 Å². The molecule has 0 amide bonds. The maximum absolute atomic E-state index is 13.0. The summed E-state index contributed by atoms with van der Waals surface area (Å²) in [4.78, 5) is 11.6. The Morgan fingerprint density at radius 2 is 2.22 bits per heavy atom. The number of H-pyrrole nitrogens is 1. The lowest BCUT2D eigenvalue weighted by Crippen LogP contribution is -2.06. The van der Waals surface area contributed by atoms with Gasteiger partial charge in [-0.3, -0.25) is 9.89 Å². The highest BCUT2D eigenvalue weighted by Gasteiger charge is 2.16. The van der Waals surface area contributed by atoms with Crippen molar-refractivity contribution in [3.05, 3.63) is 51.5 Å². The van der Waals surface area contributed by atoms with E-state index in [-0.39, 0.29) is 16.5 Å². The molecule has 0 spiro atoms. The molecule has 2 aromatic rings. The zero-order chi connectivity index (χ0) is 13.4. The molecular formula is C12H10ClFN2O2. The third-order valence-electron chi connectivity index (χ3n) is 2.46. The third-order valence-corrected chi connectivity index (χ3v) is 2.75. The van der Waals surface area contributed by atoms with E-state index in [0.717, 1.165) is 10.7 Å². The summed E-state index contributed by atoms with van der Waals surface area (Å²) in [7, 11) is 0. The molecule has 0 atom stereocenters. The number of halogens is 2. The maximum Gasteiger partial charge on any atom is 0.275 e. The molecule has 0 fully saturated rings. The van der Waals surface area contributed by atoms with E-state index in [2.05, 4.69) is 11.7 Å². The van der Waals surface area contributed by atoms with Gasteiger partial charge in [-0.25, -0.2) is 9.07 Å². The molecule has 1 aromatic heterocycles. The van der Waals surface area contributed by atoms with E-state index in [4.69, 9.17) is 11.6 Å². The molecule has 0 saturated carbocycles. The number of rotatable bonds is 2. The Morgan fingerprint density at radius 1 is 1.56 bits per heavy atom. The topological polar surface area (TPSA) is 58.0 Å². The summed E-state index contributed by atoms with van der Waals surface area (Å²) in [5, 5.41) is 12.3. The van der Waals surface area contributed by atoms with Gasteiger partial charge >= 0.3 is 0 Å². The Morgan fingerprint density at radius 3 is 2.72 bits per heavy atom. The van der Waals surface area contributed by atoms with Gasteiger partial charge in [0.25, 0.3) is 5.56 Å². The first kappa shape index (κ1) is 12.4. The van der Waals surface area contributed by atoms with Crippen molar-refractivity contribution in [1.82, 2.24) is 9.78 Å². The molecule has 2 rings (SSSR count). The summed E-state index contributed by atoms with van der Waals surface area (Å²) >= 11 is 5.65. The SMILES string of the molecule is C=C(C)c1c(O)n(-c2ccc(F)c(Cl)c2)[nH]c1=O. The average Bonchev–Trinajstić information content (AvgIpc) is 2.58. The van der Waals surface area contributed by atoms with Gasteiger partial charge in [0.05, 0.1) is 10.7 Å². The normalized spacial score (nSPS) is 10.6. The van der Waals surface area contributed by atoms with Crippen LogP contribution in [0.5, 0.6) is 5.88 Å². The maximum atomic E-state index is 13.0. The number of aromatic hydroxyl groups is 1. The Bertz CT molecular complexity index is 688. The van der Waals surface area contributed by atoms with Crippen molar-refractivity contribution in [3.63, 3.8) is 0 Å². The predicted molar refractivity (Wildman–Crippen MR) is 67.7 cm³/mol. The van der Waals surface area contributed by atoms with Gasteiger partial charge in [-0.15, -0.1) is 0 Å². The molecule has 0 bridgehead atoms. The summed E-state index contributed by atoms with van der Waals surface area (Å²) < 4.78 is 14.2. The first-order valence-electron chi connectivity index (χ1n) is 5.07. The van der Waals surface area contributed by atoms with Crippen molar-refractivity contribution in [2.75, 3.05) is 0 Å². The number of nitrogens with one attached hydrogen (secondary N) is 1. The lowest BCUT2D eigenvalue weighted by molar-refractivity contribution is 0.432. The van der Waals surface area contributed by atoms with Crippen molar-refractivity contribution >= 4 is 17.2 Å². The van der Waals surface area contributed by atoms with E-state index >= 15 is 0 Å². The molecule has 2 N–H and O–H groups in total. The molecule has 1 aromatic carbocycles. The second-order valence-electron chi connectivity index (χ2n) is 3.85. The van der Waals surface area contributed by atoms with Crippen LogP contribution in [0.1, 0.15) is 12.5 Å². The van der Waals surface area contributed by atoms with E-state index in [1.54, 1.807) is 6.92 Å². The van der Waals surface area contributed by atoms with Gasteiger partial charge in [0.15, 0.2) is 0 Å². The van der Waals surface area contributed by atoms with Crippen molar-refractivity contribution in [1.29, 1.82) is 0 Å².